The number of aromatic nitrogens is 2. The summed E-state index contributed by atoms with van der Waals surface area (Å²) >= 11 is 9.61. The van der Waals surface area contributed by atoms with Crippen LogP contribution < -0.4 is 0 Å². The fourth-order valence-electron chi connectivity index (χ4n) is 2.23. The van der Waals surface area contributed by atoms with Crippen LogP contribution in [-0.2, 0) is 19.9 Å². The summed E-state index contributed by atoms with van der Waals surface area (Å²) in [6, 6.07) is 10.5. The highest BCUT2D eigenvalue weighted by molar-refractivity contribution is 9.10. The van der Waals surface area contributed by atoms with E-state index in [4.69, 9.17) is 11.6 Å². The van der Waals surface area contributed by atoms with Crippen molar-refractivity contribution in [1.29, 1.82) is 0 Å². The Labute approximate surface area is 127 Å². The number of rotatable bonds is 6. The summed E-state index contributed by atoms with van der Waals surface area (Å²) in [6.07, 6.45) is 5.00. The molecule has 0 saturated carbocycles. The zero-order chi connectivity index (χ0) is 13.7. The van der Waals surface area contributed by atoms with Crippen LogP contribution in [0.5, 0.6) is 0 Å². The van der Waals surface area contributed by atoms with Crippen LogP contribution >= 0.6 is 27.5 Å². The van der Waals surface area contributed by atoms with Crippen molar-refractivity contribution in [3.05, 3.63) is 52.3 Å². The standard InChI is InChI=1S/C15H18BrClN2/c1-19-15(7-8-18-19)6-5-13(11-17)9-12-3-2-4-14(16)10-12/h2-4,7-8,10,13H,5-6,9,11H2,1H3. The predicted octanol–water partition coefficient (Wildman–Crippen LogP) is 4.21. The van der Waals surface area contributed by atoms with Gasteiger partial charge in [-0.2, -0.15) is 5.10 Å². The molecule has 0 saturated heterocycles. The topological polar surface area (TPSA) is 17.8 Å². The summed E-state index contributed by atoms with van der Waals surface area (Å²) in [5.41, 5.74) is 2.61. The van der Waals surface area contributed by atoms with Gasteiger partial charge >= 0.3 is 0 Å². The Balaban J connectivity index is 1.92. The second-order valence-corrected chi connectivity index (χ2v) is 6.06. The minimum absolute atomic E-state index is 0.505. The van der Waals surface area contributed by atoms with Crippen molar-refractivity contribution in [1.82, 2.24) is 9.78 Å². The van der Waals surface area contributed by atoms with Gasteiger partial charge < -0.3 is 0 Å². The predicted molar refractivity (Wildman–Crippen MR) is 83.6 cm³/mol. The summed E-state index contributed by atoms with van der Waals surface area (Å²) in [7, 11) is 1.99. The van der Waals surface area contributed by atoms with Crippen molar-refractivity contribution >= 4 is 27.5 Å². The fraction of sp³-hybridized carbons (Fsp3) is 0.400. The third-order valence-electron chi connectivity index (χ3n) is 3.36. The molecule has 2 rings (SSSR count). The van der Waals surface area contributed by atoms with E-state index >= 15 is 0 Å². The maximum atomic E-state index is 6.10. The highest BCUT2D eigenvalue weighted by atomic mass is 79.9. The lowest BCUT2D eigenvalue weighted by Crippen LogP contribution is -2.09. The molecular formula is C15H18BrClN2. The monoisotopic (exact) mass is 340 g/mol. The highest BCUT2D eigenvalue weighted by Gasteiger charge is 2.10. The van der Waals surface area contributed by atoms with E-state index in [2.05, 4.69) is 51.4 Å². The number of alkyl halides is 1. The minimum atomic E-state index is 0.505. The molecule has 0 fully saturated rings. The summed E-state index contributed by atoms with van der Waals surface area (Å²) in [5.74, 6) is 1.20. The molecule has 2 nitrogen and oxygen atoms in total. The first kappa shape index (κ1) is 14.6. The lowest BCUT2D eigenvalue weighted by atomic mass is 9.96. The van der Waals surface area contributed by atoms with Crippen molar-refractivity contribution in [2.45, 2.75) is 19.3 Å². The Morgan fingerprint density at radius 3 is 2.84 bits per heavy atom. The molecule has 0 spiro atoms. The van der Waals surface area contributed by atoms with E-state index in [1.807, 2.05) is 17.9 Å². The van der Waals surface area contributed by atoms with E-state index in [0.29, 0.717) is 11.8 Å². The quantitative estimate of drug-likeness (QED) is 0.720. The summed E-state index contributed by atoms with van der Waals surface area (Å²) in [6.45, 7) is 0. The van der Waals surface area contributed by atoms with Crippen molar-refractivity contribution in [2.75, 3.05) is 5.88 Å². The molecule has 19 heavy (non-hydrogen) atoms. The molecule has 1 unspecified atom stereocenters. The van der Waals surface area contributed by atoms with E-state index in [9.17, 15) is 0 Å². The molecule has 1 aromatic carbocycles. The maximum Gasteiger partial charge on any atom is 0.0492 e. The van der Waals surface area contributed by atoms with Crippen LogP contribution in [0.2, 0.25) is 0 Å². The first-order valence-electron chi connectivity index (χ1n) is 6.46. The summed E-state index contributed by atoms with van der Waals surface area (Å²) < 4.78 is 3.06. The van der Waals surface area contributed by atoms with Crippen LogP contribution in [0, 0.1) is 5.92 Å². The van der Waals surface area contributed by atoms with Crippen LogP contribution in [0.25, 0.3) is 0 Å². The number of halogens is 2. The van der Waals surface area contributed by atoms with Gasteiger partial charge in [-0.25, -0.2) is 0 Å². The van der Waals surface area contributed by atoms with E-state index in [1.165, 1.54) is 11.3 Å². The molecule has 0 amide bonds. The molecule has 0 aliphatic heterocycles. The Bertz CT molecular complexity index is 524. The molecule has 1 aromatic heterocycles. The zero-order valence-electron chi connectivity index (χ0n) is 11.0. The first-order chi connectivity index (χ1) is 9.19. The van der Waals surface area contributed by atoms with Crippen molar-refractivity contribution in [3.63, 3.8) is 0 Å². The molecule has 1 heterocycles. The number of benzene rings is 1. The average molecular weight is 342 g/mol. The number of hydrogen-bond acceptors (Lipinski definition) is 1. The molecule has 0 aliphatic carbocycles. The Hall–Kier alpha value is -0.800. The van der Waals surface area contributed by atoms with Crippen molar-refractivity contribution in [3.8, 4) is 0 Å². The van der Waals surface area contributed by atoms with Crippen LogP contribution in [0.3, 0.4) is 0 Å². The van der Waals surface area contributed by atoms with Gasteiger partial charge in [0.1, 0.15) is 0 Å². The Morgan fingerprint density at radius 2 is 2.21 bits per heavy atom. The van der Waals surface area contributed by atoms with Gasteiger partial charge in [0, 0.05) is 29.3 Å². The summed E-state index contributed by atoms with van der Waals surface area (Å²) in [5, 5.41) is 4.19. The lowest BCUT2D eigenvalue weighted by Gasteiger charge is -2.14. The van der Waals surface area contributed by atoms with Crippen LogP contribution in [0.15, 0.2) is 41.0 Å². The van der Waals surface area contributed by atoms with E-state index < -0.39 is 0 Å². The number of hydrogen-bond donors (Lipinski definition) is 0. The Kier molecular flexibility index (Phi) is 5.46. The molecule has 0 aliphatic rings. The van der Waals surface area contributed by atoms with Gasteiger partial charge in [-0.1, -0.05) is 28.1 Å². The van der Waals surface area contributed by atoms with Gasteiger partial charge in [-0.05, 0) is 48.9 Å². The highest BCUT2D eigenvalue weighted by Crippen LogP contribution is 2.19. The maximum absolute atomic E-state index is 6.10. The normalized spacial score (nSPS) is 12.6. The Morgan fingerprint density at radius 1 is 1.37 bits per heavy atom. The molecule has 102 valence electrons. The third kappa shape index (κ3) is 4.36. The van der Waals surface area contributed by atoms with Gasteiger partial charge in [0.05, 0.1) is 0 Å². The average Bonchev–Trinajstić information content (AvgIpc) is 2.80. The van der Waals surface area contributed by atoms with Gasteiger partial charge in [-0.15, -0.1) is 11.6 Å². The lowest BCUT2D eigenvalue weighted by molar-refractivity contribution is 0.523. The molecule has 0 N–H and O–H groups in total. The number of nitrogens with zero attached hydrogens (tertiary/aromatic N) is 2. The zero-order valence-corrected chi connectivity index (χ0v) is 13.4. The third-order valence-corrected chi connectivity index (χ3v) is 4.29. The van der Waals surface area contributed by atoms with Crippen LogP contribution in [0.4, 0.5) is 0 Å². The van der Waals surface area contributed by atoms with Gasteiger partial charge in [-0.3, -0.25) is 4.68 Å². The molecular weight excluding hydrogens is 324 g/mol. The number of aryl methyl sites for hydroxylation is 2. The molecule has 1 atom stereocenters. The van der Waals surface area contributed by atoms with Crippen molar-refractivity contribution in [2.24, 2.45) is 13.0 Å². The van der Waals surface area contributed by atoms with Crippen LogP contribution in [0.1, 0.15) is 17.7 Å². The van der Waals surface area contributed by atoms with Gasteiger partial charge in [0.25, 0.3) is 0 Å². The smallest absolute Gasteiger partial charge is 0.0492 e. The largest absolute Gasteiger partial charge is 0.273 e. The minimum Gasteiger partial charge on any atom is -0.273 e. The second kappa shape index (κ2) is 7.11. The van der Waals surface area contributed by atoms with Crippen LogP contribution in [-0.4, -0.2) is 15.7 Å². The van der Waals surface area contributed by atoms with E-state index in [-0.39, 0.29) is 0 Å². The SMILES string of the molecule is Cn1nccc1CCC(CCl)Cc1cccc(Br)c1. The van der Waals surface area contributed by atoms with E-state index in [1.54, 1.807) is 0 Å². The molecule has 0 radical (unpaired) electrons. The molecule has 2 aromatic rings. The van der Waals surface area contributed by atoms with E-state index in [0.717, 1.165) is 23.7 Å². The molecule has 4 heteroatoms. The van der Waals surface area contributed by atoms with Gasteiger partial charge in [0.2, 0.25) is 0 Å². The van der Waals surface area contributed by atoms with Crippen molar-refractivity contribution < 1.29 is 0 Å². The van der Waals surface area contributed by atoms with Gasteiger partial charge in [0.15, 0.2) is 0 Å². The molecule has 0 bridgehead atoms. The fourth-order valence-corrected chi connectivity index (χ4v) is 2.94. The summed E-state index contributed by atoms with van der Waals surface area (Å²) in [4.78, 5) is 0. The first-order valence-corrected chi connectivity index (χ1v) is 7.79. The second-order valence-electron chi connectivity index (χ2n) is 4.84.